The van der Waals surface area contributed by atoms with Gasteiger partial charge in [0.1, 0.15) is 5.75 Å². The summed E-state index contributed by atoms with van der Waals surface area (Å²) in [6.07, 6.45) is 0.197. The molecule has 0 aromatic heterocycles. The molecule has 0 atom stereocenters. The van der Waals surface area contributed by atoms with Crippen molar-refractivity contribution in [1.29, 1.82) is 5.26 Å². The van der Waals surface area contributed by atoms with E-state index in [1.807, 2.05) is 6.07 Å². The van der Waals surface area contributed by atoms with Crippen LogP contribution in [0.15, 0.2) is 48.5 Å². The van der Waals surface area contributed by atoms with Crippen molar-refractivity contribution >= 4 is 17.8 Å². The molecule has 1 amide bonds. The van der Waals surface area contributed by atoms with Crippen molar-refractivity contribution in [1.82, 2.24) is 5.32 Å². The molecule has 2 aromatic carbocycles. The van der Waals surface area contributed by atoms with Crippen molar-refractivity contribution < 1.29 is 23.9 Å². The van der Waals surface area contributed by atoms with Crippen LogP contribution in [-0.2, 0) is 14.3 Å². The molecular weight excluding hydrogens is 348 g/mol. The van der Waals surface area contributed by atoms with Gasteiger partial charge in [-0.25, -0.2) is 4.79 Å². The van der Waals surface area contributed by atoms with Gasteiger partial charge in [0.2, 0.25) is 0 Å². The fourth-order valence-corrected chi connectivity index (χ4v) is 2.20. The zero-order valence-corrected chi connectivity index (χ0v) is 14.7. The molecule has 2 rings (SSSR count). The predicted octanol–water partition coefficient (Wildman–Crippen LogP) is 2.47. The second-order valence-electron chi connectivity index (χ2n) is 5.53. The second-order valence-corrected chi connectivity index (χ2v) is 5.53. The summed E-state index contributed by atoms with van der Waals surface area (Å²) < 4.78 is 9.92. The fraction of sp³-hybridized carbons (Fsp3) is 0.200. The number of nitrogens with one attached hydrogen (secondary N) is 1. The topological polar surface area (TPSA) is 105 Å². The van der Waals surface area contributed by atoms with Gasteiger partial charge in [-0.3, -0.25) is 9.59 Å². The van der Waals surface area contributed by atoms with Crippen LogP contribution in [0.25, 0.3) is 11.1 Å². The highest BCUT2D eigenvalue weighted by molar-refractivity contribution is 5.91. The van der Waals surface area contributed by atoms with E-state index in [0.29, 0.717) is 11.3 Å². The van der Waals surface area contributed by atoms with Gasteiger partial charge < -0.3 is 14.8 Å². The Morgan fingerprint density at radius 3 is 2.15 bits per heavy atom. The molecule has 27 heavy (non-hydrogen) atoms. The number of benzene rings is 2. The maximum Gasteiger partial charge on any atom is 0.338 e. The van der Waals surface area contributed by atoms with E-state index >= 15 is 0 Å². The van der Waals surface area contributed by atoms with Gasteiger partial charge in [0.15, 0.2) is 6.61 Å². The Labute approximate surface area is 156 Å². The largest absolute Gasteiger partial charge is 0.452 e. The summed E-state index contributed by atoms with van der Waals surface area (Å²) in [5, 5.41) is 10.9. The number of rotatable bonds is 7. The number of esters is 2. The lowest BCUT2D eigenvalue weighted by atomic mass is 10.0. The highest BCUT2D eigenvalue weighted by Gasteiger charge is 2.10. The molecule has 138 valence electrons. The van der Waals surface area contributed by atoms with Crippen molar-refractivity contribution in [2.75, 3.05) is 13.2 Å². The Kier molecular flexibility index (Phi) is 7.08. The average Bonchev–Trinajstić information content (AvgIpc) is 2.66. The van der Waals surface area contributed by atoms with Gasteiger partial charge in [-0.1, -0.05) is 24.3 Å². The third-order valence-corrected chi connectivity index (χ3v) is 3.46. The molecule has 0 fully saturated rings. The first-order valence-electron chi connectivity index (χ1n) is 8.19. The van der Waals surface area contributed by atoms with Gasteiger partial charge in [0.25, 0.3) is 5.91 Å². The van der Waals surface area contributed by atoms with Gasteiger partial charge >= 0.3 is 11.9 Å². The van der Waals surface area contributed by atoms with E-state index in [4.69, 9.17) is 14.7 Å². The van der Waals surface area contributed by atoms with Crippen molar-refractivity contribution in [2.45, 2.75) is 13.3 Å². The molecule has 7 heteroatoms. The summed E-state index contributed by atoms with van der Waals surface area (Å²) in [4.78, 5) is 34.4. The first-order valence-corrected chi connectivity index (χ1v) is 8.19. The number of ether oxygens (including phenoxy) is 2. The highest BCUT2D eigenvalue weighted by Crippen LogP contribution is 2.23. The van der Waals surface area contributed by atoms with Crippen molar-refractivity contribution in [2.24, 2.45) is 0 Å². The van der Waals surface area contributed by atoms with E-state index < -0.39 is 18.5 Å². The normalized spacial score (nSPS) is 9.78. The first kappa shape index (κ1) is 19.7. The predicted molar refractivity (Wildman–Crippen MR) is 96.7 cm³/mol. The van der Waals surface area contributed by atoms with Gasteiger partial charge in [-0.15, -0.1) is 0 Å². The van der Waals surface area contributed by atoms with E-state index in [0.717, 1.165) is 11.1 Å². The van der Waals surface area contributed by atoms with Crippen LogP contribution in [0.4, 0.5) is 0 Å². The minimum atomic E-state index is -0.609. The van der Waals surface area contributed by atoms with E-state index in [-0.39, 0.29) is 18.9 Å². The molecule has 1 N–H and O–H groups in total. The molecule has 0 unspecified atom stereocenters. The number of carbonyl (C=O) groups excluding carboxylic acids is 3. The van der Waals surface area contributed by atoms with E-state index in [1.54, 1.807) is 48.5 Å². The summed E-state index contributed by atoms with van der Waals surface area (Å²) >= 11 is 0. The summed E-state index contributed by atoms with van der Waals surface area (Å²) in [5.41, 5.74) is 2.08. The SMILES string of the molecule is CC(=O)Oc1ccc(-c2ccc(C(=O)OCC(=O)NCCC#N)cc2)cc1. The number of nitrogens with zero attached hydrogens (tertiary/aromatic N) is 1. The molecule has 0 aliphatic heterocycles. The third kappa shape index (κ3) is 6.29. The maximum absolute atomic E-state index is 12.0. The van der Waals surface area contributed by atoms with Crippen LogP contribution < -0.4 is 10.1 Å². The van der Waals surface area contributed by atoms with Gasteiger partial charge in [-0.05, 0) is 35.4 Å². The number of hydrogen-bond acceptors (Lipinski definition) is 6. The number of amides is 1. The monoisotopic (exact) mass is 366 g/mol. The molecule has 0 aliphatic carbocycles. The summed E-state index contributed by atoms with van der Waals surface area (Å²) in [5.74, 6) is -0.992. The molecule has 7 nitrogen and oxygen atoms in total. The van der Waals surface area contributed by atoms with Crippen LogP contribution in [0, 0.1) is 11.3 Å². The first-order chi connectivity index (χ1) is 13.0. The molecule has 0 saturated heterocycles. The summed E-state index contributed by atoms with van der Waals surface area (Å²) in [6.45, 7) is 1.16. The maximum atomic E-state index is 12.0. The van der Waals surface area contributed by atoms with Crippen LogP contribution in [-0.4, -0.2) is 31.0 Å². The molecule has 0 heterocycles. The zero-order valence-electron chi connectivity index (χ0n) is 14.7. The lowest BCUT2D eigenvalue weighted by Crippen LogP contribution is -2.29. The van der Waals surface area contributed by atoms with Gasteiger partial charge in [0, 0.05) is 13.5 Å². The van der Waals surface area contributed by atoms with Crippen LogP contribution in [0.2, 0.25) is 0 Å². The van der Waals surface area contributed by atoms with E-state index in [9.17, 15) is 14.4 Å². The number of carbonyl (C=O) groups is 3. The van der Waals surface area contributed by atoms with E-state index in [2.05, 4.69) is 5.32 Å². The smallest absolute Gasteiger partial charge is 0.338 e. The van der Waals surface area contributed by atoms with Crippen molar-refractivity contribution in [3.8, 4) is 22.9 Å². The Hall–Kier alpha value is -3.66. The molecular formula is C20H18N2O5. The van der Waals surface area contributed by atoms with Crippen LogP contribution in [0.3, 0.4) is 0 Å². The molecule has 0 radical (unpaired) electrons. The van der Waals surface area contributed by atoms with Crippen LogP contribution in [0.1, 0.15) is 23.7 Å². The van der Waals surface area contributed by atoms with Crippen molar-refractivity contribution in [3.05, 3.63) is 54.1 Å². The lowest BCUT2D eigenvalue weighted by molar-refractivity contribution is -0.131. The lowest BCUT2D eigenvalue weighted by Gasteiger charge is -2.07. The Bertz CT molecular complexity index is 851. The van der Waals surface area contributed by atoms with Crippen LogP contribution in [0.5, 0.6) is 5.75 Å². The summed E-state index contributed by atoms with van der Waals surface area (Å²) in [6, 6.07) is 15.6. The number of nitriles is 1. The molecule has 0 bridgehead atoms. The Balaban J connectivity index is 1.92. The van der Waals surface area contributed by atoms with E-state index in [1.165, 1.54) is 6.92 Å². The number of hydrogen-bond donors (Lipinski definition) is 1. The minimum absolute atomic E-state index is 0.197. The molecule has 0 aliphatic rings. The molecule has 0 saturated carbocycles. The average molecular weight is 366 g/mol. The minimum Gasteiger partial charge on any atom is -0.452 e. The standard InChI is InChI=1S/C20H18N2O5/c1-14(23)27-18-9-7-16(8-10-18)15-3-5-17(6-4-15)20(25)26-13-19(24)22-12-2-11-21/h3-10H,2,12-13H2,1H3,(H,22,24). The van der Waals surface area contributed by atoms with Gasteiger partial charge in [0.05, 0.1) is 18.1 Å². The molecule has 2 aromatic rings. The third-order valence-electron chi connectivity index (χ3n) is 3.46. The zero-order chi connectivity index (χ0) is 19.6. The summed E-state index contributed by atoms with van der Waals surface area (Å²) in [7, 11) is 0. The molecule has 0 spiro atoms. The van der Waals surface area contributed by atoms with Gasteiger partial charge in [-0.2, -0.15) is 5.26 Å². The highest BCUT2D eigenvalue weighted by atomic mass is 16.5. The fourth-order valence-electron chi connectivity index (χ4n) is 2.20. The van der Waals surface area contributed by atoms with Crippen molar-refractivity contribution in [3.63, 3.8) is 0 Å². The van der Waals surface area contributed by atoms with Crippen LogP contribution >= 0.6 is 0 Å². The Morgan fingerprint density at radius 1 is 1.00 bits per heavy atom. The second kappa shape index (κ2) is 9.73. The quantitative estimate of drug-likeness (QED) is 0.458. The Morgan fingerprint density at radius 2 is 1.59 bits per heavy atom.